The van der Waals surface area contributed by atoms with E-state index in [9.17, 15) is 22.0 Å². The molecule has 0 saturated carbocycles. The van der Waals surface area contributed by atoms with Crippen LogP contribution in [0.5, 0.6) is 5.75 Å². The van der Waals surface area contributed by atoms with E-state index in [1.807, 2.05) is 0 Å². The molecule has 0 heterocycles. The summed E-state index contributed by atoms with van der Waals surface area (Å²) in [5, 5.41) is 0.00400. The van der Waals surface area contributed by atoms with Gasteiger partial charge in [-0.05, 0) is 45.5 Å². The van der Waals surface area contributed by atoms with Gasteiger partial charge in [-0.1, -0.05) is 48.5 Å². The molecule has 0 aliphatic carbocycles. The van der Waals surface area contributed by atoms with Crippen LogP contribution in [0.2, 0.25) is 0 Å². The molecule has 0 amide bonds. The molecule has 0 spiro atoms. The van der Waals surface area contributed by atoms with E-state index in [1.54, 1.807) is 36.4 Å². The van der Waals surface area contributed by atoms with Crippen molar-refractivity contribution in [2.24, 2.45) is 0 Å². The first kappa shape index (κ1) is 24.5. The average Bonchev–Trinajstić information content (AvgIpc) is 2.87. The molecule has 9 heteroatoms. The van der Waals surface area contributed by atoms with Gasteiger partial charge in [0.15, 0.2) is 23.3 Å². The van der Waals surface area contributed by atoms with E-state index in [0.29, 0.717) is 22.3 Å². The molecule has 5 rings (SSSR count). The third-order valence-electron chi connectivity index (χ3n) is 6.17. The smallest absolute Gasteiger partial charge is 0.422 e. The fraction of sp³-hybridized carbons (Fsp3) is 0.0714. The molecule has 0 bridgehead atoms. The molecule has 1 nitrogen and oxygen atoms in total. The Balaban J connectivity index is 2.00. The zero-order valence-electron chi connectivity index (χ0n) is 18.8. The second-order valence-corrected chi connectivity index (χ2v) is 8.19. The van der Waals surface area contributed by atoms with E-state index >= 15 is 13.2 Å². The summed E-state index contributed by atoms with van der Waals surface area (Å²) in [6, 6.07) is 16.3. The molecular formula is C28H14F8O. The molecule has 0 atom stereocenters. The highest BCUT2D eigenvalue weighted by Crippen LogP contribution is 2.48. The summed E-state index contributed by atoms with van der Waals surface area (Å²) in [5.41, 5.74) is -3.75. The minimum absolute atomic E-state index is 0.0257. The molecule has 0 N–H and O–H groups in total. The molecule has 0 aliphatic rings. The van der Waals surface area contributed by atoms with Crippen LogP contribution in [0.15, 0.2) is 66.7 Å². The summed E-state index contributed by atoms with van der Waals surface area (Å²) in [5.74, 6) is -10.3. The first-order valence-corrected chi connectivity index (χ1v) is 10.8. The number of methoxy groups -OCH3 is 1. The van der Waals surface area contributed by atoms with Crippen molar-refractivity contribution in [2.75, 3.05) is 7.11 Å². The predicted molar refractivity (Wildman–Crippen MR) is 124 cm³/mol. The summed E-state index contributed by atoms with van der Waals surface area (Å²) in [6.07, 6.45) is -5.71. The molecular weight excluding hydrogens is 504 g/mol. The van der Waals surface area contributed by atoms with Gasteiger partial charge in [0.2, 0.25) is 0 Å². The number of alkyl halides is 3. The summed E-state index contributed by atoms with van der Waals surface area (Å²) < 4.78 is 120. The standard InChI is InChI=1S/C28H14F8O/c1-37-14-11-9-13(10-12-14)19-15-5-2-3-6-16(15)21(20-17(19)7-4-8-18(20)29)22-24(30)26(32)23(28(34,35)36)27(33)25(22)31/h2-12H,1H3. The fourth-order valence-corrected chi connectivity index (χ4v) is 4.61. The number of rotatable bonds is 3. The highest BCUT2D eigenvalue weighted by atomic mass is 19.4. The minimum atomic E-state index is -5.71. The molecule has 5 aromatic carbocycles. The van der Waals surface area contributed by atoms with Crippen LogP contribution in [0.1, 0.15) is 5.56 Å². The van der Waals surface area contributed by atoms with Crippen LogP contribution in [-0.4, -0.2) is 7.11 Å². The van der Waals surface area contributed by atoms with Gasteiger partial charge in [-0.25, -0.2) is 22.0 Å². The molecule has 0 aliphatic heterocycles. The van der Waals surface area contributed by atoms with Gasteiger partial charge >= 0.3 is 6.18 Å². The van der Waals surface area contributed by atoms with Crippen LogP contribution in [-0.2, 0) is 6.18 Å². The number of benzene rings is 5. The molecule has 188 valence electrons. The summed E-state index contributed by atoms with van der Waals surface area (Å²) >= 11 is 0. The number of fused-ring (bicyclic) bond motifs is 2. The van der Waals surface area contributed by atoms with Crippen LogP contribution < -0.4 is 4.74 Å². The Morgan fingerprint density at radius 3 is 1.65 bits per heavy atom. The first-order valence-electron chi connectivity index (χ1n) is 10.8. The lowest BCUT2D eigenvalue weighted by Gasteiger charge is -2.20. The topological polar surface area (TPSA) is 9.23 Å². The highest BCUT2D eigenvalue weighted by Gasteiger charge is 2.43. The van der Waals surface area contributed by atoms with Crippen molar-refractivity contribution >= 4 is 21.5 Å². The van der Waals surface area contributed by atoms with Crippen molar-refractivity contribution < 1.29 is 39.9 Å². The molecule has 0 unspecified atom stereocenters. The SMILES string of the molecule is COc1ccc(-c2c3ccccc3c(-c3c(F)c(F)c(C(F)(F)F)c(F)c3F)c3c(F)cccc23)cc1. The zero-order valence-corrected chi connectivity index (χ0v) is 18.8. The van der Waals surface area contributed by atoms with Gasteiger partial charge in [-0.15, -0.1) is 0 Å². The molecule has 37 heavy (non-hydrogen) atoms. The van der Waals surface area contributed by atoms with Crippen LogP contribution in [0.4, 0.5) is 35.1 Å². The molecule has 0 saturated heterocycles. The lowest BCUT2D eigenvalue weighted by atomic mass is 9.85. The van der Waals surface area contributed by atoms with Crippen molar-refractivity contribution in [1.29, 1.82) is 0 Å². The number of halogens is 8. The van der Waals surface area contributed by atoms with Crippen molar-refractivity contribution in [2.45, 2.75) is 6.18 Å². The maximum absolute atomic E-state index is 15.4. The number of ether oxygens (including phenoxy) is 1. The predicted octanol–water partition coefficient (Wildman–Crippen LogP) is 9.05. The van der Waals surface area contributed by atoms with Gasteiger partial charge in [0.1, 0.15) is 17.1 Å². The highest BCUT2D eigenvalue weighted by molar-refractivity contribution is 6.21. The zero-order chi connectivity index (χ0) is 26.6. The van der Waals surface area contributed by atoms with Crippen LogP contribution >= 0.6 is 0 Å². The van der Waals surface area contributed by atoms with E-state index in [4.69, 9.17) is 4.74 Å². The molecule has 5 aromatic rings. The number of hydrogen-bond acceptors (Lipinski definition) is 1. The lowest BCUT2D eigenvalue weighted by molar-refractivity contribution is -0.143. The Kier molecular flexibility index (Phi) is 5.81. The van der Waals surface area contributed by atoms with Gasteiger partial charge in [0.25, 0.3) is 0 Å². The Hall–Kier alpha value is -4.14. The minimum Gasteiger partial charge on any atom is -0.497 e. The van der Waals surface area contributed by atoms with E-state index in [0.717, 1.165) is 6.07 Å². The first-order chi connectivity index (χ1) is 17.6. The number of hydrogen-bond donors (Lipinski definition) is 0. The maximum atomic E-state index is 15.4. The van der Waals surface area contributed by atoms with Crippen molar-refractivity contribution in [1.82, 2.24) is 0 Å². The van der Waals surface area contributed by atoms with Crippen molar-refractivity contribution in [3.63, 3.8) is 0 Å². The largest absolute Gasteiger partial charge is 0.497 e. The lowest BCUT2D eigenvalue weighted by Crippen LogP contribution is -2.16. The van der Waals surface area contributed by atoms with E-state index < -0.39 is 57.3 Å². The van der Waals surface area contributed by atoms with Crippen LogP contribution in [0.3, 0.4) is 0 Å². The third kappa shape index (κ3) is 3.77. The third-order valence-corrected chi connectivity index (χ3v) is 6.17. The summed E-state index contributed by atoms with van der Waals surface area (Å²) in [4.78, 5) is 0. The van der Waals surface area contributed by atoms with Gasteiger partial charge in [-0.2, -0.15) is 13.2 Å². The fourth-order valence-electron chi connectivity index (χ4n) is 4.61. The van der Waals surface area contributed by atoms with Gasteiger partial charge < -0.3 is 4.74 Å². The van der Waals surface area contributed by atoms with E-state index in [2.05, 4.69) is 0 Å². The van der Waals surface area contributed by atoms with Crippen LogP contribution in [0.25, 0.3) is 43.8 Å². The summed E-state index contributed by atoms with van der Waals surface area (Å²) in [6.45, 7) is 0. The normalized spacial score (nSPS) is 11.9. The van der Waals surface area contributed by atoms with Crippen molar-refractivity contribution in [3.05, 3.63) is 101 Å². The second kappa shape index (κ2) is 8.76. The second-order valence-electron chi connectivity index (χ2n) is 8.19. The monoisotopic (exact) mass is 518 g/mol. The Morgan fingerprint density at radius 1 is 0.568 bits per heavy atom. The molecule has 0 radical (unpaired) electrons. The molecule has 0 fully saturated rings. The van der Waals surface area contributed by atoms with E-state index in [1.165, 1.54) is 31.4 Å². The Morgan fingerprint density at radius 2 is 1.11 bits per heavy atom. The van der Waals surface area contributed by atoms with E-state index in [-0.39, 0.29) is 10.8 Å². The quantitative estimate of drug-likeness (QED) is 0.132. The average molecular weight is 518 g/mol. The van der Waals surface area contributed by atoms with Gasteiger partial charge in [-0.3, -0.25) is 0 Å². The Bertz CT molecular complexity index is 1660. The van der Waals surface area contributed by atoms with Gasteiger partial charge in [0, 0.05) is 10.9 Å². The summed E-state index contributed by atoms with van der Waals surface area (Å²) in [7, 11) is 1.47. The van der Waals surface area contributed by atoms with Gasteiger partial charge in [0.05, 0.1) is 12.7 Å². The van der Waals surface area contributed by atoms with Crippen molar-refractivity contribution in [3.8, 4) is 28.0 Å². The van der Waals surface area contributed by atoms with Crippen LogP contribution in [0, 0.1) is 29.1 Å². The Labute approximate surface area is 204 Å². The maximum Gasteiger partial charge on any atom is 0.422 e. The molecule has 0 aromatic heterocycles.